The summed E-state index contributed by atoms with van der Waals surface area (Å²) in [5, 5.41) is 2.66. The number of rotatable bonds is 4. The van der Waals surface area contributed by atoms with Gasteiger partial charge >= 0.3 is 0 Å². The minimum atomic E-state index is -2.82. The van der Waals surface area contributed by atoms with Gasteiger partial charge in [0, 0.05) is 6.54 Å². The summed E-state index contributed by atoms with van der Waals surface area (Å²) < 4.78 is 23.7. The van der Waals surface area contributed by atoms with Crippen LogP contribution in [0.4, 0.5) is 0 Å². The Kier molecular flexibility index (Phi) is 4.60. The van der Waals surface area contributed by atoms with Crippen LogP contribution in [-0.4, -0.2) is 28.2 Å². The van der Waals surface area contributed by atoms with Gasteiger partial charge in [0.2, 0.25) is 0 Å². The molecule has 0 heterocycles. The molecule has 6 heteroatoms. The molecule has 0 fully saturated rings. The van der Waals surface area contributed by atoms with E-state index in [1.54, 1.807) is 7.05 Å². The molecule has 0 spiro atoms. The lowest BCUT2D eigenvalue weighted by Crippen LogP contribution is -2.33. The Labute approximate surface area is 55.3 Å². The van der Waals surface area contributed by atoms with Gasteiger partial charge in [0.15, 0.2) is 0 Å². The third-order valence-electron chi connectivity index (χ3n) is 0.627. The number of nitrogens with one attached hydrogen (secondary N) is 1. The van der Waals surface area contributed by atoms with Gasteiger partial charge in [-0.1, -0.05) is 0 Å². The van der Waals surface area contributed by atoms with E-state index in [-0.39, 0.29) is 0 Å². The smallest absolute Gasteiger partial charge is 0.258 e. The molecule has 0 aliphatic rings. The fraction of sp³-hybridized carbons (Fsp3) is 1.00. The maximum Gasteiger partial charge on any atom is 0.258 e. The van der Waals surface area contributed by atoms with Crippen LogP contribution in [0.3, 0.4) is 0 Å². The van der Waals surface area contributed by atoms with Crippen LogP contribution in [0.2, 0.25) is 0 Å². The highest BCUT2D eigenvalue weighted by atomic mass is 32.2. The molecule has 0 aromatic heterocycles. The Hall–Kier alpha value is -0.170. The van der Waals surface area contributed by atoms with Gasteiger partial charge in [-0.05, 0) is 7.05 Å². The van der Waals surface area contributed by atoms with Crippen LogP contribution < -0.4 is 11.1 Å². The minimum Gasteiger partial charge on any atom is -0.316 e. The standard InChI is InChI=1S/C3H10N2O3S/c1-5-2-3(4)8-9(6)7/h3,5,9H,2,4H2,1H3. The van der Waals surface area contributed by atoms with Crippen molar-refractivity contribution in [3.8, 4) is 0 Å². The van der Waals surface area contributed by atoms with Gasteiger partial charge in [0.1, 0.15) is 6.23 Å². The molecule has 0 radical (unpaired) electrons. The Balaban J connectivity index is 3.37. The first-order chi connectivity index (χ1) is 4.16. The maximum absolute atomic E-state index is 9.79. The number of nitrogens with two attached hydrogens (primary N) is 1. The van der Waals surface area contributed by atoms with Crippen LogP contribution in [0.25, 0.3) is 0 Å². The summed E-state index contributed by atoms with van der Waals surface area (Å²) in [6.07, 6.45) is -0.767. The zero-order chi connectivity index (χ0) is 7.28. The first-order valence-electron chi connectivity index (χ1n) is 2.38. The van der Waals surface area contributed by atoms with Gasteiger partial charge in [-0.15, -0.1) is 0 Å². The summed E-state index contributed by atoms with van der Waals surface area (Å²) in [5.74, 6) is 0. The summed E-state index contributed by atoms with van der Waals surface area (Å²) in [5.41, 5.74) is 5.12. The molecule has 0 saturated heterocycles. The van der Waals surface area contributed by atoms with E-state index in [9.17, 15) is 8.42 Å². The molecule has 0 aliphatic carbocycles. The van der Waals surface area contributed by atoms with Crippen molar-refractivity contribution in [1.82, 2.24) is 5.32 Å². The summed E-state index contributed by atoms with van der Waals surface area (Å²) in [6, 6.07) is 0. The molecule has 0 rings (SSSR count). The SMILES string of the molecule is CNCC(N)O[SH](=O)=O. The van der Waals surface area contributed by atoms with Gasteiger partial charge in [-0.3, -0.25) is 4.18 Å². The molecule has 0 amide bonds. The zero-order valence-corrected chi connectivity index (χ0v) is 5.93. The van der Waals surface area contributed by atoms with E-state index in [2.05, 4.69) is 9.50 Å². The topological polar surface area (TPSA) is 81.4 Å². The zero-order valence-electron chi connectivity index (χ0n) is 5.03. The summed E-state index contributed by atoms with van der Waals surface area (Å²) in [4.78, 5) is 0. The molecule has 5 nitrogen and oxygen atoms in total. The molecule has 0 bridgehead atoms. The lowest BCUT2D eigenvalue weighted by atomic mass is 10.6. The van der Waals surface area contributed by atoms with Crippen molar-refractivity contribution in [3.05, 3.63) is 0 Å². The average Bonchev–Trinajstić information content (AvgIpc) is 1.63. The van der Waals surface area contributed by atoms with Gasteiger partial charge in [-0.25, -0.2) is 8.42 Å². The molecular formula is C3H10N2O3S. The summed E-state index contributed by atoms with van der Waals surface area (Å²) >= 11 is 0. The number of hydrogen-bond acceptors (Lipinski definition) is 5. The van der Waals surface area contributed by atoms with Crippen LogP contribution >= 0.6 is 0 Å². The van der Waals surface area contributed by atoms with Crippen molar-refractivity contribution in [2.45, 2.75) is 6.23 Å². The fourth-order valence-electron chi connectivity index (χ4n) is 0.349. The van der Waals surface area contributed by atoms with Crippen molar-refractivity contribution >= 4 is 11.0 Å². The van der Waals surface area contributed by atoms with Crippen LogP contribution in [0.5, 0.6) is 0 Å². The van der Waals surface area contributed by atoms with Gasteiger partial charge in [0.25, 0.3) is 11.0 Å². The Morgan fingerprint density at radius 3 is 2.67 bits per heavy atom. The second kappa shape index (κ2) is 4.68. The Morgan fingerprint density at radius 1 is 1.78 bits per heavy atom. The molecule has 9 heavy (non-hydrogen) atoms. The summed E-state index contributed by atoms with van der Waals surface area (Å²) in [7, 11) is -1.16. The van der Waals surface area contributed by atoms with E-state index in [1.165, 1.54) is 0 Å². The second-order valence-electron chi connectivity index (χ2n) is 1.43. The highest BCUT2D eigenvalue weighted by Crippen LogP contribution is 1.77. The third kappa shape index (κ3) is 5.71. The number of hydrogen-bond donors (Lipinski definition) is 3. The highest BCUT2D eigenvalue weighted by molar-refractivity contribution is 7.67. The van der Waals surface area contributed by atoms with E-state index in [1.807, 2.05) is 0 Å². The molecule has 0 aliphatic heterocycles. The molecule has 1 atom stereocenters. The molecule has 0 aromatic carbocycles. The van der Waals surface area contributed by atoms with Gasteiger partial charge in [0.05, 0.1) is 0 Å². The number of thiol groups is 1. The van der Waals surface area contributed by atoms with Crippen LogP contribution in [0, 0.1) is 0 Å². The second-order valence-corrected chi connectivity index (χ2v) is 2.08. The largest absolute Gasteiger partial charge is 0.316 e. The highest BCUT2D eigenvalue weighted by Gasteiger charge is 1.99. The van der Waals surface area contributed by atoms with E-state index < -0.39 is 17.2 Å². The predicted octanol–water partition coefficient (Wildman–Crippen LogP) is -1.97. The lowest BCUT2D eigenvalue weighted by Gasteiger charge is -2.04. The molecule has 56 valence electrons. The first-order valence-corrected chi connectivity index (χ1v) is 3.47. The van der Waals surface area contributed by atoms with Crippen molar-refractivity contribution in [2.24, 2.45) is 5.73 Å². The van der Waals surface area contributed by atoms with Crippen molar-refractivity contribution in [3.63, 3.8) is 0 Å². The van der Waals surface area contributed by atoms with Crippen LogP contribution in [0.1, 0.15) is 0 Å². The predicted molar refractivity (Wildman–Crippen MR) is 33.3 cm³/mol. The molecule has 3 N–H and O–H groups in total. The van der Waals surface area contributed by atoms with E-state index in [0.717, 1.165) is 0 Å². The van der Waals surface area contributed by atoms with Crippen molar-refractivity contribution in [2.75, 3.05) is 13.6 Å². The van der Waals surface area contributed by atoms with Crippen LogP contribution in [-0.2, 0) is 15.2 Å². The van der Waals surface area contributed by atoms with Gasteiger partial charge < -0.3 is 11.1 Å². The van der Waals surface area contributed by atoms with Crippen LogP contribution in [0.15, 0.2) is 0 Å². The first kappa shape index (κ1) is 8.83. The molecule has 0 saturated carbocycles. The molecule has 0 aromatic rings. The monoisotopic (exact) mass is 154 g/mol. The van der Waals surface area contributed by atoms with Crippen molar-refractivity contribution in [1.29, 1.82) is 0 Å². The Bertz CT molecular complexity index is 127. The quantitative estimate of drug-likeness (QED) is 0.323. The van der Waals surface area contributed by atoms with E-state index in [4.69, 9.17) is 5.73 Å². The Morgan fingerprint density at radius 2 is 2.33 bits per heavy atom. The maximum atomic E-state index is 9.79. The normalized spacial score (nSPS) is 14.1. The van der Waals surface area contributed by atoms with E-state index in [0.29, 0.717) is 6.54 Å². The minimum absolute atomic E-state index is 0.323. The summed E-state index contributed by atoms with van der Waals surface area (Å²) in [6.45, 7) is 0.323. The van der Waals surface area contributed by atoms with Gasteiger partial charge in [-0.2, -0.15) is 0 Å². The number of likely N-dealkylation sites (N-methyl/N-ethyl adjacent to an activating group) is 1. The average molecular weight is 154 g/mol. The molecular weight excluding hydrogens is 144 g/mol. The fourth-order valence-corrected chi connectivity index (χ4v) is 0.645. The molecule has 1 unspecified atom stereocenters. The lowest BCUT2D eigenvalue weighted by molar-refractivity contribution is 0.226. The van der Waals surface area contributed by atoms with E-state index >= 15 is 0 Å². The van der Waals surface area contributed by atoms with Crippen molar-refractivity contribution < 1.29 is 12.6 Å². The third-order valence-corrected chi connectivity index (χ3v) is 1.07.